The molecular weight excluding hydrogens is 252 g/mol. The first-order valence-corrected chi connectivity index (χ1v) is 7.47. The molecule has 0 radical (unpaired) electrons. The molecule has 1 saturated heterocycles. The van der Waals surface area contributed by atoms with E-state index < -0.39 is 0 Å². The van der Waals surface area contributed by atoms with Gasteiger partial charge in [0.25, 0.3) is 0 Å². The molecule has 1 aromatic heterocycles. The number of hydrogen-bond donors (Lipinski definition) is 1. The molecule has 2 heterocycles. The molecule has 0 aromatic carbocycles. The van der Waals surface area contributed by atoms with Gasteiger partial charge in [-0.15, -0.1) is 0 Å². The van der Waals surface area contributed by atoms with Gasteiger partial charge < -0.3 is 10.5 Å². The zero-order valence-electron chi connectivity index (χ0n) is 13.2. The Bertz CT molecular complexity index is 431. The number of nitrogens with two attached hydrogens (primary N) is 1. The number of likely N-dealkylation sites (N-methyl/N-ethyl adjacent to an activating group) is 1. The van der Waals surface area contributed by atoms with Crippen molar-refractivity contribution < 1.29 is 4.74 Å². The molecule has 0 bridgehead atoms. The summed E-state index contributed by atoms with van der Waals surface area (Å²) in [4.78, 5) is 2.39. The van der Waals surface area contributed by atoms with Gasteiger partial charge in [0.2, 0.25) is 0 Å². The summed E-state index contributed by atoms with van der Waals surface area (Å²) in [6.45, 7) is 6.81. The van der Waals surface area contributed by atoms with E-state index in [1.165, 1.54) is 5.56 Å². The molecule has 0 amide bonds. The Hall–Kier alpha value is -0.910. The second kappa shape index (κ2) is 6.24. The summed E-state index contributed by atoms with van der Waals surface area (Å²) >= 11 is 0. The van der Waals surface area contributed by atoms with E-state index in [9.17, 15) is 0 Å². The molecule has 0 aliphatic carbocycles. The van der Waals surface area contributed by atoms with E-state index in [-0.39, 0.29) is 5.54 Å². The van der Waals surface area contributed by atoms with Crippen molar-refractivity contribution in [2.45, 2.75) is 44.9 Å². The first-order chi connectivity index (χ1) is 9.47. The summed E-state index contributed by atoms with van der Waals surface area (Å²) in [5, 5.41) is 4.24. The molecule has 5 heteroatoms. The lowest BCUT2D eigenvalue weighted by atomic mass is 9.82. The van der Waals surface area contributed by atoms with Crippen LogP contribution in [0.15, 0.2) is 12.4 Å². The van der Waals surface area contributed by atoms with Gasteiger partial charge in [-0.25, -0.2) is 0 Å². The number of rotatable bonds is 5. The zero-order valence-corrected chi connectivity index (χ0v) is 13.2. The Labute approximate surface area is 122 Å². The third-order valence-corrected chi connectivity index (χ3v) is 4.59. The van der Waals surface area contributed by atoms with Crippen LogP contribution in [-0.2, 0) is 18.3 Å². The maximum absolute atomic E-state index is 6.14. The van der Waals surface area contributed by atoms with E-state index in [1.54, 1.807) is 0 Å². The average molecular weight is 280 g/mol. The molecule has 2 atom stereocenters. The van der Waals surface area contributed by atoms with Crippen molar-refractivity contribution in [1.29, 1.82) is 0 Å². The Morgan fingerprint density at radius 2 is 2.35 bits per heavy atom. The quantitative estimate of drug-likeness (QED) is 0.885. The van der Waals surface area contributed by atoms with Gasteiger partial charge in [-0.05, 0) is 25.8 Å². The smallest absolute Gasteiger partial charge is 0.0616 e. The van der Waals surface area contributed by atoms with Crippen LogP contribution < -0.4 is 5.73 Å². The third-order valence-electron chi connectivity index (χ3n) is 4.59. The van der Waals surface area contributed by atoms with Gasteiger partial charge in [-0.1, -0.05) is 13.8 Å². The number of aryl methyl sites for hydroxylation is 1. The van der Waals surface area contributed by atoms with Crippen LogP contribution in [0, 0.1) is 5.92 Å². The van der Waals surface area contributed by atoms with Crippen molar-refractivity contribution in [1.82, 2.24) is 14.7 Å². The van der Waals surface area contributed by atoms with Gasteiger partial charge in [-0.2, -0.15) is 5.10 Å². The van der Waals surface area contributed by atoms with Gasteiger partial charge in [0.05, 0.1) is 12.3 Å². The molecule has 0 spiro atoms. The third kappa shape index (κ3) is 3.22. The Morgan fingerprint density at radius 3 is 2.90 bits per heavy atom. The van der Waals surface area contributed by atoms with Crippen molar-refractivity contribution in [2.24, 2.45) is 18.7 Å². The Balaban J connectivity index is 2.08. The second-order valence-corrected chi connectivity index (χ2v) is 6.41. The van der Waals surface area contributed by atoms with Crippen LogP contribution in [0.5, 0.6) is 0 Å². The predicted molar refractivity (Wildman–Crippen MR) is 80.3 cm³/mol. The zero-order chi connectivity index (χ0) is 14.8. The summed E-state index contributed by atoms with van der Waals surface area (Å²) in [5.41, 5.74) is 7.42. The van der Waals surface area contributed by atoms with Crippen LogP contribution in [0.1, 0.15) is 32.3 Å². The van der Waals surface area contributed by atoms with Crippen molar-refractivity contribution in [3.05, 3.63) is 18.0 Å². The number of hydrogen-bond acceptors (Lipinski definition) is 4. The van der Waals surface area contributed by atoms with Crippen LogP contribution in [0.4, 0.5) is 0 Å². The van der Waals surface area contributed by atoms with Crippen LogP contribution in [-0.4, -0.2) is 46.5 Å². The SMILES string of the molecule is CC(C)C1CC(CN)(N(C)Cc2cnn(C)c2)CCO1. The topological polar surface area (TPSA) is 56.3 Å². The fourth-order valence-corrected chi connectivity index (χ4v) is 3.05. The summed E-state index contributed by atoms with van der Waals surface area (Å²) < 4.78 is 7.75. The first kappa shape index (κ1) is 15.5. The summed E-state index contributed by atoms with van der Waals surface area (Å²) in [5.74, 6) is 0.535. The minimum atomic E-state index is 0.0447. The van der Waals surface area contributed by atoms with E-state index in [1.807, 2.05) is 17.9 Å². The minimum absolute atomic E-state index is 0.0447. The molecule has 5 nitrogen and oxygen atoms in total. The molecule has 20 heavy (non-hydrogen) atoms. The molecule has 1 fully saturated rings. The van der Waals surface area contributed by atoms with E-state index >= 15 is 0 Å². The van der Waals surface area contributed by atoms with E-state index in [0.717, 1.165) is 26.0 Å². The Kier molecular flexibility index (Phi) is 4.83. The number of aromatic nitrogens is 2. The number of ether oxygens (including phenoxy) is 1. The lowest BCUT2D eigenvalue weighted by molar-refractivity contribution is -0.0834. The highest BCUT2D eigenvalue weighted by Gasteiger charge is 2.40. The molecular formula is C15H28N4O. The second-order valence-electron chi connectivity index (χ2n) is 6.41. The van der Waals surface area contributed by atoms with Crippen molar-refractivity contribution >= 4 is 0 Å². The molecule has 2 unspecified atom stereocenters. The highest BCUT2D eigenvalue weighted by atomic mass is 16.5. The largest absolute Gasteiger partial charge is 0.378 e. The molecule has 0 saturated carbocycles. The summed E-state index contributed by atoms with van der Waals surface area (Å²) in [6, 6.07) is 0. The lowest BCUT2D eigenvalue weighted by Gasteiger charge is -2.47. The monoisotopic (exact) mass is 280 g/mol. The summed E-state index contributed by atoms with van der Waals surface area (Å²) in [6.07, 6.45) is 6.32. The maximum atomic E-state index is 6.14. The highest BCUT2D eigenvalue weighted by molar-refractivity contribution is 5.06. The summed E-state index contributed by atoms with van der Waals surface area (Å²) in [7, 11) is 4.12. The van der Waals surface area contributed by atoms with Gasteiger partial charge in [0, 0.05) is 44.0 Å². The van der Waals surface area contributed by atoms with Crippen LogP contribution in [0.3, 0.4) is 0 Å². The van der Waals surface area contributed by atoms with Gasteiger partial charge in [0.1, 0.15) is 0 Å². The predicted octanol–water partition coefficient (Wildman–Crippen LogP) is 1.38. The van der Waals surface area contributed by atoms with Crippen molar-refractivity contribution in [3.8, 4) is 0 Å². The maximum Gasteiger partial charge on any atom is 0.0616 e. The Morgan fingerprint density at radius 1 is 1.60 bits per heavy atom. The van der Waals surface area contributed by atoms with E-state index in [0.29, 0.717) is 18.6 Å². The van der Waals surface area contributed by atoms with E-state index in [4.69, 9.17) is 10.5 Å². The van der Waals surface area contributed by atoms with Gasteiger partial charge in [0.15, 0.2) is 0 Å². The van der Waals surface area contributed by atoms with Crippen molar-refractivity contribution in [2.75, 3.05) is 20.2 Å². The van der Waals surface area contributed by atoms with Crippen molar-refractivity contribution in [3.63, 3.8) is 0 Å². The standard InChI is InChI=1S/C15H28N4O/c1-12(2)14-7-15(11-16,5-6-20-14)18(3)9-13-8-17-19(4)10-13/h8,10,12,14H,5-7,9,11,16H2,1-4H3. The molecule has 114 valence electrons. The molecule has 1 aromatic rings. The molecule has 1 aliphatic heterocycles. The van der Waals surface area contributed by atoms with E-state index in [2.05, 4.69) is 37.1 Å². The minimum Gasteiger partial charge on any atom is -0.378 e. The number of nitrogens with zero attached hydrogens (tertiary/aromatic N) is 3. The lowest BCUT2D eigenvalue weighted by Crippen LogP contribution is -2.57. The first-order valence-electron chi connectivity index (χ1n) is 7.47. The highest BCUT2D eigenvalue weighted by Crippen LogP contribution is 2.33. The average Bonchev–Trinajstić information content (AvgIpc) is 2.84. The van der Waals surface area contributed by atoms with Gasteiger partial charge >= 0.3 is 0 Å². The molecule has 1 aliphatic rings. The van der Waals surface area contributed by atoms with Crippen LogP contribution in [0.25, 0.3) is 0 Å². The fourth-order valence-electron chi connectivity index (χ4n) is 3.05. The van der Waals surface area contributed by atoms with Gasteiger partial charge in [-0.3, -0.25) is 9.58 Å². The normalized spacial score (nSPS) is 27.4. The van der Waals surface area contributed by atoms with Crippen LogP contribution >= 0.6 is 0 Å². The fraction of sp³-hybridized carbons (Fsp3) is 0.800. The van der Waals surface area contributed by atoms with Crippen LogP contribution in [0.2, 0.25) is 0 Å². The molecule has 2 N–H and O–H groups in total. The molecule has 2 rings (SSSR count).